The average Bonchev–Trinajstić information content (AvgIpc) is 2.58. The molecule has 1 aromatic rings. The number of aryl methyl sites for hydroxylation is 2. The van der Waals surface area contributed by atoms with Crippen molar-refractivity contribution in [3.05, 3.63) is 23.5 Å². The summed E-state index contributed by atoms with van der Waals surface area (Å²) in [4.78, 5) is 11.0. The Morgan fingerprint density at radius 3 is 1.91 bits per heavy atom. The number of hydrogen-bond acceptors (Lipinski definition) is 4. The van der Waals surface area contributed by atoms with Crippen LogP contribution >= 0.6 is 0 Å². The van der Waals surface area contributed by atoms with E-state index in [0.29, 0.717) is 6.42 Å². The molecule has 23 heavy (non-hydrogen) atoms. The minimum Gasteiger partial charge on any atom is -0.469 e. The predicted octanol–water partition coefficient (Wildman–Crippen LogP) is 4.66. The van der Waals surface area contributed by atoms with Gasteiger partial charge in [0.1, 0.15) is 0 Å². The number of carbonyl (C=O) groups excluding carboxylic acids is 1. The van der Waals surface area contributed by atoms with E-state index < -0.39 is 0 Å². The molecule has 0 unspecified atom stereocenters. The Bertz CT molecular complexity index is 418. The van der Waals surface area contributed by atoms with E-state index in [1.807, 2.05) is 0 Å². The summed E-state index contributed by atoms with van der Waals surface area (Å²) in [7, 11) is 1.44. The molecule has 0 bridgehead atoms. The van der Waals surface area contributed by atoms with E-state index in [1.165, 1.54) is 45.6 Å². The maximum Gasteiger partial charge on any atom is 0.305 e. The number of methoxy groups -OCH3 is 1. The number of aromatic nitrogens is 2. The van der Waals surface area contributed by atoms with Crippen molar-refractivity contribution >= 4 is 5.97 Å². The van der Waals surface area contributed by atoms with Crippen LogP contribution < -0.4 is 0 Å². The smallest absolute Gasteiger partial charge is 0.305 e. The molecule has 0 saturated heterocycles. The molecule has 0 fully saturated rings. The minimum absolute atomic E-state index is 0.102. The monoisotopic (exact) mass is 320 g/mol. The number of rotatable bonds is 13. The molecule has 0 aliphatic carbocycles. The third-order valence-corrected chi connectivity index (χ3v) is 4.10. The van der Waals surface area contributed by atoms with Crippen molar-refractivity contribution in [1.29, 1.82) is 0 Å². The van der Waals surface area contributed by atoms with Crippen LogP contribution in [0, 0.1) is 0 Å². The molecule has 0 N–H and O–H groups in total. The second-order valence-corrected chi connectivity index (χ2v) is 6.17. The third kappa shape index (κ3) is 10.0. The van der Waals surface area contributed by atoms with Crippen LogP contribution in [0.1, 0.15) is 82.5 Å². The van der Waals surface area contributed by atoms with Gasteiger partial charge in [-0.05, 0) is 44.2 Å². The van der Waals surface area contributed by atoms with Crippen LogP contribution in [0.15, 0.2) is 12.1 Å². The fourth-order valence-electron chi connectivity index (χ4n) is 2.59. The largest absolute Gasteiger partial charge is 0.469 e. The molecule has 0 radical (unpaired) electrons. The highest BCUT2D eigenvalue weighted by Gasteiger charge is 2.01. The number of carbonyl (C=O) groups is 1. The summed E-state index contributed by atoms with van der Waals surface area (Å²) in [6.45, 7) is 2.23. The number of esters is 1. The van der Waals surface area contributed by atoms with Crippen molar-refractivity contribution < 1.29 is 9.53 Å². The zero-order chi connectivity index (χ0) is 16.8. The molecule has 0 atom stereocenters. The van der Waals surface area contributed by atoms with Gasteiger partial charge in [0.05, 0.1) is 18.5 Å². The molecular formula is C19H32N2O2. The first kappa shape index (κ1) is 19.6. The van der Waals surface area contributed by atoms with E-state index in [1.54, 1.807) is 0 Å². The van der Waals surface area contributed by atoms with Crippen LogP contribution in [0.4, 0.5) is 0 Å². The summed E-state index contributed by atoms with van der Waals surface area (Å²) >= 11 is 0. The van der Waals surface area contributed by atoms with Crippen molar-refractivity contribution in [2.75, 3.05) is 7.11 Å². The second kappa shape index (κ2) is 13.0. The van der Waals surface area contributed by atoms with Gasteiger partial charge in [-0.1, -0.05) is 45.4 Å². The van der Waals surface area contributed by atoms with Gasteiger partial charge in [-0.3, -0.25) is 4.79 Å². The molecular weight excluding hydrogens is 288 g/mol. The van der Waals surface area contributed by atoms with Gasteiger partial charge in [0.2, 0.25) is 0 Å². The Morgan fingerprint density at radius 2 is 1.39 bits per heavy atom. The molecule has 0 aliphatic heterocycles. The molecule has 0 amide bonds. The van der Waals surface area contributed by atoms with Gasteiger partial charge in [-0.2, -0.15) is 10.2 Å². The van der Waals surface area contributed by atoms with E-state index in [-0.39, 0.29) is 5.97 Å². The van der Waals surface area contributed by atoms with Crippen molar-refractivity contribution in [2.24, 2.45) is 0 Å². The van der Waals surface area contributed by atoms with Gasteiger partial charge in [0.25, 0.3) is 0 Å². The predicted molar refractivity (Wildman–Crippen MR) is 93.3 cm³/mol. The number of nitrogens with zero attached hydrogens (tertiary/aromatic N) is 2. The zero-order valence-electron chi connectivity index (χ0n) is 14.9. The van der Waals surface area contributed by atoms with Crippen molar-refractivity contribution in [3.8, 4) is 0 Å². The summed E-state index contributed by atoms with van der Waals surface area (Å²) < 4.78 is 4.63. The third-order valence-electron chi connectivity index (χ3n) is 4.10. The van der Waals surface area contributed by atoms with E-state index in [4.69, 9.17) is 0 Å². The van der Waals surface area contributed by atoms with Crippen LogP contribution in [0.25, 0.3) is 0 Å². The van der Waals surface area contributed by atoms with Gasteiger partial charge >= 0.3 is 5.97 Å². The molecule has 4 heteroatoms. The van der Waals surface area contributed by atoms with Crippen LogP contribution in [0.2, 0.25) is 0 Å². The van der Waals surface area contributed by atoms with Crippen LogP contribution in [0.5, 0.6) is 0 Å². The van der Waals surface area contributed by atoms with E-state index in [9.17, 15) is 4.79 Å². The fraction of sp³-hybridized carbons (Fsp3) is 0.737. The van der Waals surface area contributed by atoms with Crippen molar-refractivity contribution in [2.45, 2.75) is 84.0 Å². The van der Waals surface area contributed by atoms with E-state index in [0.717, 1.165) is 43.5 Å². The first-order valence-electron chi connectivity index (χ1n) is 9.14. The highest BCUT2D eigenvalue weighted by atomic mass is 16.5. The lowest BCUT2D eigenvalue weighted by molar-refractivity contribution is -0.140. The summed E-state index contributed by atoms with van der Waals surface area (Å²) in [5.74, 6) is -0.102. The lowest BCUT2D eigenvalue weighted by Gasteiger charge is -2.03. The molecule has 130 valence electrons. The van der Waals surface area contributed by atoms with Crippen molar-refractivity contribution in [1.82, 2.24) is 10.2 Å². The van der Waals surface area contributed by atoms with Gasteiger partial charge in [0.15, 0.2) is 0 Å². The fourth-order valence-corrected chi connectivity index (χ4v) is 2.59. The van der Waals surface area contributed by atoms with Gasteiger partial charge in [-0.25, -0.2) is 0 Å². The molecule has 0 saturated carbocycles. The highest BCUT2D eigenvalue weighted by molar-refractivity contribution is 5.68. The van der Waals surface area contributed by atoms with Crippen molar-refractivity contribution in [3.63, 3.8) is 0 Å². The SMILES string of the molecule is CCCCCCc1ccc(CCCCCCCC(=O)OC)nn1. The Hall–Kier alpha value is -1.45. The first-order valence-corrected chi connectivity index (χ1v) is 9.14. The van der Waals surface area contributed by atoms with Gasteiger partial charge in [-0.15, -0.1) is 0 Å². The number of hydrogen-bond donors (Lipinski definition) is 0. The van der Waals surface area contributed by atoms with Gasteiger partial charge < -0.3 is 4.74 Å². The minimum atomic E-state index is -0.102. The molecule has 0 aromatic carbocycles. The normalized spacial score (nSPS) is 10.7. The van der Waals surface area contributed by atoms with E-state index in [2.05, 4.69) is 34.0 Å². The average molecular weight is 320 g/mol. The zero-order valence-corrected chi connectivity index (χ0v) is 14.9. The topological polar surface area (TPSA) is 52.1 Å². The Balaban J connectivity index is 2.05. The van der Waals surface area contributed by atoms with Crippen LogP contribution in [-0.2, 0) is 22.4 Å². The molecule has 0 aliphatic rings. The molecule has 1 aromatic heterocycles. The summed E-state index contributed by atoms with van der Waals surface area (Å²) in [6, 6.07) is 4.25. The molecule has 0 spiro atoms. The summed E-state index contributed by atoms with van der Waals surface area (Å²) in [6.07, 6.45) is 13.2. The summed E-state index contributed by atoms with van der Waals surface area (Å²) in [5.41, 5.74) is 2.21. The Kier molecular flexibility index (Phi) is 11.1. The maximum absolute atomic E-state index is 11.0. The van der Waals surface area contributed by atoms with E-state index >= 15 is 0 Å². The lowest BCUT2D eigenvalue weighted by Crippen LogP contribution is -1.99. The van der Waals surface area contributed by atoms with Crippen LogP contribution in [-0.4, -0.2) is 23.3 Å². The highest BCUT2D eigenvalue weighted by Crippen LogP contribution is 2.10. The summed E-state index contributed by atoms with van der Waals surface area (Å²) in [5, 5.41) is 8.67. The Labute approximate surface area is 141 Å². The number of ether oxygens (including phenoxy) is 1. The lowest BCUT2D eigenvalue weighted by atomic mass is 10.1. The number of unbranched alkanes of at least 4 members (excludes halogenated alkanes) is 7. The van der Waals surface area contributed by atoms with Crippen LogP contribution in [0.3, 0.4) is 0 Å². The molecule has 1 heterocycles. The Morgan fingerprint density at radius 1 is 0.870 bits per heavy atom. The maximum atomic E-state index is 11.0. The van der Waals surface area contributed by atoms with Gasteiger partial charge in [0, 0.05) is 6.42 Å². The first-order chi connectivity index (χ1) is 11.3. The molecule has 4 nitrogen and oxygen atoms in total. The standard InChI is InChI=1S/C19H32N2O2/c1-3-4-5-9-12-17-15-16-18(21-20-17)13-10-7-6-8-11-14-19(22)23-2/h15-16H,3-14H2,1-2H3. The second-order valence-electron chi connectivity index (χ2n) is 6.17. The molecule has 1 rings (SSSR count). The quantitative estimate of drug-likeness (QED) is 0.392.